The molecule has 1 atom stereocenters. The quantitative estimate of drug-likeness (QED) is 0.00930. The van der Waals surface area contributed by atoms with E-state index < -0.39 is 101 Å². The van der Waals surface area contributed by atoms with E-state index in [9.17, 15) is 80.4 Å². The van der Waals surface area contributed by atoms with Gasteiger partial charge in [-0.25, -0.2) is 29.5 Å². The Kier molecular flexibility index (Phi) is 29.8. The summed E-state index contributed by atoms with van der Waals surface area (Å²) >= 11 is -2.92. The van der Waals surface area contributed by atoms with Gasteiger partial charge in [0.05, 0.1) is 90.8 Å². The van der Waals surface area contributed by atoms with Gasteiger partial charge in [0.1, 0.15) is 52.4 Å². The number of anilines is 13. The van der Waals surface area contributed by atoms with Crippen LogP contribution in [-0.2, 0) is 74.9 Å². The molecule has 592 valence electrons. The molecule has 3 aliphatic rings. The van der Waals surface area contributed by atoms with E-state index >= 15 is 0 Å². The molecule has 119 heavy (non-hydrogen) atoms. The van der Waals surface area contributed by atoms with Crippen molar-refractivity contribution in [3.05, 3.63) is 201 Å². The Hall–Kier alpha value is -8.15. The van der Waals surface area contributed by atoms with Crippen LogP contribution in [0.15, 0.2) is 187 Å². The van der Waals surface area contributed by atoms with Crippen LogP contribution in [0.25, 0.3) is 44.1 Å². The third kappa shape index (κ3) is 20.1. The third-order valence-electron chi connectivity index (χ3n) is 18.3. The number of unbranched alkanes of at least 4 members (excludes halogenated alkanes) is 1. The Balaban J connectivity index is 0.000000243. The molecule has 8 aromatic carbocycles. The summed E-state index contributed by atoms with van der Waals surface area (Å²) in [6.45, 7) is 4.16. The van der Waals surface area contributed by atoms with Crippen LogP contribution in [0, 0.1) is 0 Å². The van der Waals surface area contributed by atoms with E-state index in [0.29, 0.717) is 106 Å². The van der Waals surface area contributed by atoms with Crippen LogP contribution in [-0.4, -0.2) is 145 Å². The maximum Gasteiger partial charge on any atom is 1.00 e. The molecule has 0 saturated carbocycles. The Morgan fingerprint density at radius 1 is 0.513 bits per heavy atom. The summed E-state index contributed by atoms with van der Waals surface area (Å²) < 4.78 is 181. The number of hydrogen-bond acceptors (Lipinski definition) is 36. The van der Waals surface area contributed by atoms with Crippen molar-refractivity contribution in [3.63, 3.8) is 0 Å². The number of hydrogen-bond donors (Lipinski definition) is 8. The minimum atomic E-state index is -5.15. The SMILES string of the molecule is CCCCOc1ccc(Nc2nc(Nc3ccc(S(=O)(=O)[O-])c(Nc4ccc5c6c(cc(=O)n5C)-c5ccccc5C(=O)c46)c3)nc(N3CCOCC3)n2)c(OS(=O)[O-])c1.Cn1c(=O)cc2c3c(c(Nc4cc(Nc5nc(O)nc(Nc6cc(S(=O)(=O)[O-])ccc6S(=O)(=O)ON)n5)ccc4S(=O)(=O)[O-])ccc31)C(=O)c1ccccc1-2.[K+].[Na+].[Na+].[Na+]. The molecule has 1 aliphatic heterocycles. The molecule has 1 saturated heterocycles. The molecule has 47 heteroatoms. The Morgan fingerprint density at radius 2 is 0.958 bits per heavy atom. The van der Waals surface area contributed by atoms with Gasteiger partial charge < -0.3 is 82.9 Å². The number of ether oxygens (including phenoxy) is 2. The van der Waals surface area contributed by atoms with E-state index in [-0.39, 0.29) is 237 Å². The first-order valence-corrected chi connectivity index (χ1v) is 40.6. The van der Waals surface area contributed by atoms with Crippen molar-refractivity contribution in [2.24, 2.45) is 20.0 Å². The van der Waals surface area contributed by atoms with Gasteiger partial charge >= 0.3 is 156 Å². The number of benzene rings is 8. The summed E-state index contributed by atoms with van der Waals surface area (Å²) in [6, 6.07) is 35.4. The number of pyridine rings is 2. The van der Waals surface area contributed by atoms with Crippen LogP contribution in [0.1, 0.15) is 51.6 Å². The number of carbonyl (C=O) groups is 2. The first-order chi connectivity index (χ1) is 54.7. The molecule has 2 aliphatic carbocycles. The number of carbonyl (C=O) groups excluding carboxylic acids is 2. The normalized spacial score (nSPS) is 13.0. The third-order valence-corrected chi connectivity index (χ3v) is 22.4. The van der Waals surface area contributed by atoms with Crippen molar-refractivity contribution in [3.8, 4) is 39.8 Å². The van der Waals surface area contributed by atoms with Crippen LogP contribution in [0.2, 0.25) is 0 Å². The van der Waals surface area contributed by atoms with E-state index in [1.165, 1.54) is 52.6 Å². The fourth-order valence-corrected chi connectivity index (χ4v) is 15.7. The number of fused-ring (bicyclic) bond motifs is 4. The molecule has 0 spiro atoms. The maximum absolute atomic E-state index is 14.2. The fourth-order valence-electron chi connectivity index (χ4n) is 13.0. The van der Waals surface area contributed by atoms with Gasteiger partial charge in [0.15, 0.2) is 17.3 Å². The molecule has 12 aromatic rings. The van der Waals surface area contributed by atoms with Gasteiger partial charge in [-0.3, -0.25) is 19.2 Å². The molecule has 0 radical (unpaired) electrons. The van der Waals surface area contributed by atoms with Gasteiger partial charge in [-0.05, 0) is 120 Å². The topological polar surface area (TPSA) is 560 Å². The Morgan fingerprint density at radius 3 is 1.43 bits per heavy atom. The van der Waals surface area contributed by atoms with Gasteiger partial charge in [-0.15, -0.1) is 0 Å². The number of rotatable bonds is 24. The molecule has 0 bridgehead atoms. The molecule has 5 heterocycles. The number of morpholine rings is 1. The van der Waals surface area contributed by atoms with Crippen LogP contribution in [0.4, 0.5) is 75.2 Å². The van der Waals surface area contributed by atoms with Crippen molar-refractivity contribution < 1.29 is 229 Å². The Labute approximate surface area is 788 Å². The fraction of sp³-hybridized carbons (Fsp3) is 0.139. The maximum atomic E-state index is 14.2. The number of aromatic nitrogens is 8. The zero-order valence-electron chi connectivity index (χ0n) is 63.6. The molecule has 9 N–H and O–H groups in total. The summed E-state index contributed by atoms with van der Waals surface area (Å²) in [6.07, 6.45) is 1.70. The molecule has 38 nitrogen and oxygen atoms in total. The smallest absolute Gasteiger partial charge is 0.744 e. The van der Waals surface area contributed by atoms with Gasteiger partial charge in [-0.1, -0.05) is 61.9 Å². The zero-order valence-corrected chi connectivity index (χ0v) is 76.8. The van der Waals surface area contributed by atoms with E-state index in [1.54, 1.807) is 85.9 Å². The predicted molar refractivity (Wildman–Crippen MR) is 412 cm³/mol. The number of ketones is 2. The van der Waals surface area contributed by atoms with E-state index in [0.717, 1.165) is 37.1 Å². The minimum absolute atomic E-state index is 0. The zero-order chi connectivity index (χ0) is 81.7. The number of nitrogens with one attached hydrogen (secondary N) is 6. The summed E-state index contributed by atoms with van der Waals surface area (Å²) in [5.41, 5.74) is 3.00. The summed E-state index contributed by atoms with van der Waals surface area (Å²) in [5.74, 6) is 3.55. The van der Waals surface area contributed by atoms with Crippen molar-refractivity contribution >= 4 is 160 Å². The second kappa shape index (κ2) is 38.1. The second-order valence-electron chi connectivity index (χ2n) is 25.5. The van der Waals surface area contributed by atoms with Crippen molar-refractivity contribution in [2.45, 2.75) is 39.3 Å². The number of aryl methyl sites for hydroxylation is 2. The average molecular weight is 1770 g/mol. The molecule has 1 fully saturated rings. The van der Waals surface area contributed by atoms with E-state index in [4.69, 9.17) is 19.6 Å². The second-order valence-corrected chi connectivity index (χ2v) is 31.7. The first kappa shape index (κ1) is 93.1. The predicted octanol–water partition coefficient (Wildman–Crippen LogP) is -4.47. The van der Waals surface area contributed by atoms with Crippen molar-refractivity contribution in [1.82, 2.24) is 39.0 Å². The van der Waals surface area contributed by atoms with Crippen LogP contribution < -0.4 is 203 Å². The standard InChI is InChI=1S/C40H38N8O10S2.C32H24N8O12S3.K.3Na/c1-3-4-17-57-24-10-11-28(32(21-24)58-59(51)52)43-39-44-38(45-40(46-39)48-15-18-56-19-16-48)41-23-9-14-33(60(53,54)55)30(20-23)42-29-12-13-31-35-27(22-34(49)47(31)2)25-7-5-6-8-26(25)37(50)36(29)35;1-40-23-9-8-20(28-27(23)19(14-26(40)41)17-4-2-3-5-18(17)29(28)42)35-21-12-15(6-10-24(21)54(47,48)49)34-30-37-31(39-32(43)38-30)36-22-13-16(53(44,45)46)7-11-25(22)55(50,51)52-33;;;;/h5-14,20-22,42H,3-4,15-19H2,1-2H3,(H,51,52)(H,53,54,55)(H2,41,43,44,45,46);2-14,35H,33H2,1H3,(H,44,45,46)(H,47,48,49)(H3,34,36,37,38,39,43);;;;/q;;4*+1/p-4. The van der Waals surface area contributed by atoms with Gasteiger partial charge in [0, 0.05) is 78.7 Å². The first-order valence-electron chi connectivity index (χ1n) is 34.0. The van der Waals surface area contributed by atoms with Crippen molar-refractivity contribution in [2.75, 3.05) is 69.7 Å². The van der Waals surface area contributed by atoms with Crippen LogP contribution in [0.5, 0.6) is 17.5 Å². The largest absolute Gasteiger partial charge is 1.00 e. The minimum Gasteiger partial charge on any atom is -0.744 e. The number of nitrogens with zero attached hydrogens (tertiary/aromatic N) is 9. The summed E-state index contributed by atoms with van der Waals surface area (Å²) in [5, 5.41) is 28.2. The van der Waals surface area contributed by atoms with Gasteiger partial charge in [0.2, 0.25) is 29.7 Å². The van der Waals surface area contributed by atoms with Crippen LogP contribution in [0.3, 0.4) is 0 Å². The van der Waals surface area contributed by atoms with Gasteiger partial charge in [0.25, 0.3) is 11.1 Å². The number of aromatic hydroxyl groups is 1. The number of nitrogens with two attached hydrogens (primary N) is 1. The monoisotopic (exact) mass is 1770 g/mol. The van der Waals surface area contributed by atoms with Gasteiger partial charge in [-0.2, -0.15) is 48.5 Å². The van der Waals surface area contributed by atoms with E-state index in [2.05, 4.69) is 66.1 Å². The molecular formula is C72H58KN16Na3O22S5. The van der Waals surface area contributed by atoms with Crippen LogP contribution >= 0.6 is 0 Å². The molecule has 0 amide bonds. The molecular weight excluding hydrogens is 1710 g/mol. The summed E-state index contributed by atoms with van der Waals surface area (Å²) in [4.78, 5) is 78.0. The molecule has 15 rings (SSSR count). The van der Waals surface area contributed by atoms with Crippen molar-refractivity contribution in [1.29, 1.82) is 0 Å². The van der Waals surface area contributed by atoms with E-state index in [1.807, 2.05) is 11.8 Å². The Bertz CT molecular complexity index is 6740. The summed E-state index contributed by atoms with van der Waals surface area (Å²) in [7, 11) is -16.9. The average Bonchev–Trinajstić information content (AvgIpc) is 0.723. The molecule has 1 unspecified atom stereocenters. The molecule has 4 aromatic heterocycles.